The van der Waals surface area contributed by atoms with Crippen LogP contribution in [0.25, 0.3) is 0 Å². The van der Waals surface area contributed by atoms with Gasteiger partial charge in [-0.1, -0.05) is 12.1 Å². The summed E-state index contributed by atoms with van der Waals surface area (Å²) in [4.78, 5) is 0. The van der Waals surface area contributed by atoms with E-state index in [1.807, 2.05) is 6.92 Å². The highest BCUT2D eigenvalue weighted by molar-refractivity contribution is 5.28. The highest BCUT2D eigenvalue weighted by atomic mass is 19.4. The minimum atomic E-state index is -4.63. The Morgan fingerprint density at radius 1 is 1.20 bits per heavy atom. The molecule has 84 valence electrons. The molecule has 1 atom stereocenters. The molecule has 1 N–H and O–H groups in total. The first-order valence-electron chi connectivity index (χ1n) is 4.45. The zero-order valence-electron chi connectivity index (χ0n) is 8.43. The van der Waals surface area contributed by atoms with Gasteiger partial charge in [-0.3, -0.25) is 0 Å². The van der Waals surface area contributed by atoms with E-state index < -0.39 is 6.36 Å². The standard InChI is InChI=1S/C10H12F3NO/c1-7(14-2)8-3-5-9(6-4-8)15-10(11,12)13/h3-7,14H,1-2H3. The predicted octanol–water partition coefficient (Wildman–Crippen LogP) is 2.87. The zero-order chi connectivity index (χ0) is 11.5. The topological polar surface area (TPSA) is 21.3 Å². The third-order valence-corrected chi connectivity index (χ3v) is 2.05. The lowest BCUT2D eigenvalue weighted by Gasteiger charge is -2.12. The van der Waals surface area contributed by atoms with Crippen LogP contribution in [0.1, 0.15) is 18.5 Å². The number of alkyl halides is 3. The maximum absolute atomic E-state index is 11.8. The third-order valence-electron chi connectivity index (χ3n) is 2.05. The van der Waals surface area contributed by atoms with Crippen molar-refractivity contribution in [1.29, 1.82) is 0 Å². The van der Waals surface area contributed by atoms with Crippen molar-refractivity contribution >= 4 is 0 Å². The molecular formula is C10H12F3NO. The summed E-state index contributed by atoms with van der Waals surface area (Å²) in [5, 5.41) is 2.99. The molecular weight excluding hydrogens is 207 g/mol. The Balaban J connectivity index is 2.72. The van der Waals surface area contributed by atoms with Crippen LogP contribution in [0.15, 0.2) is 24.3 Å². The zero-order valence-corrected chi connectivity index (χ0v) is 8.43. The SMILES string of the molecule is CNC(C)c1ccc(OC(F)(F)F)cc1. The van der Waals surface area contributed by atoms with Crippen molar-refractivity contribution in [1.82, 2.24) is 5.32 Å². The number of hydrogen-bond donors (Lipinski definition) is 1. The highest BCUT2D eigenvalue weighted by Crippen LogP contribution is 2.24. The molecule has 0 aliphatic heterocycles. The lowest BCUT2D eigenvalue weighted by Crippen LogP contribution is -2.17. The first-order valence-corrected chi connectivity index (χ1v) is 4.45. The molecule has 1 aromatic rings. The summed E-state index contributed by atoms with van der Waals surface area (Å²) in [5.41, 5.74) is 0.909. The molecule has 1 rings (SSSR count). The normalized spacial score (nSPS) is 13.7. The molecule has 0 fully saturated rings. The van der Waals surface area contributed by atoms with Gasteiger partial charge in [0.25, 0.3) is 0 Å². The van der Waals surface area contributed by atoms with Crippen LogP contribution < -0.4 is 10.1 Å². The molecule has 2 nitrogen and oxygen atoms in total. The fourth-order valence-corrected chi connectivity index (χ4v) is 1.12. The second-order valence-electron chi connectivity index (χ2n) is 3.13. The van der Waals surface area contributed by atoms with Crippen molar-refractivity contribution in [3.63, 3.8) is 0 Å². The molecule has 0 heterocycles. The molecule has 5 heteroatoms. The van der Waals surface area contributed by atoms with Crippen LogP contribution in [0, 0.1) is 0 Å². The number of hydrogen-bond acceptors (Lipinski definition) is 2. The predicted molar refractivity (Wildman–Crippen MR) is 50.6 cm³/mol. The van der Waals surface area contributed by atoms with Gasteiger partial charge in [0.2, 0.25) is 0 Å². The number of halogens is 3. The molecule has 0 bridgehead atoms. The molecule has 0 aliphatic carbocycles. The van der Waals surface area contributed by atoms with Gasteiger partial charge in [-0.15, -0.1) is 13.2 Å². The van der Waals surface area contributed by atoms with Crippen LogP contribution in [0.3, 0.4) is 0 Å². The second-order valence-corrected chi connectivity index (χ2v) is 3.13. The van der Waals surface area contributed by atoms with Crippen molar-refractivity contribution in [3.8, 4) is 5.75 Å². The smallest absolute Gasteiger partial charge is 0.406 e. The first kappa shape index (κ1) is 11.8. The van der Waals surface area contributed by atoms with Gasteiger partial charge >= 0.3 is 6.36 Å². The fourth-order valence-electron chi connectivity index (χ4n) is 1.12. The number of ether oxygens (including phenoxy) is 1. The van der Waals surface area contributed by atoms with Crippen LogP contribution in [0.2, 0.25) is 0 Å². The molecule has 1 aromatic carbocycles. The molecule has 15 heavy (non-hydrogen) atoms. The van der Waals surface area contributed by atoms with Gasteiger partial charge in [0.05, 0.1) is 0 Å². The number of rotatable bonds is 3. The lowest BCUT2D eigenvalue weighted by molar-refractivity contribution is -0.274. The summed E-state index contributed by atoms with van der Waals surface area (Å²) in [6.07, 6.45) is -4.63. The van der Waals surface area contributed by atoms with Crippen LogP contribution in [0.4, 0.5) is 13.2 Å². The molecule has 1 unspecified atom stereocenters. The fraction of sp³-hybridized carbons (Fsp3) is 0.400. The van der Waals surface area contributed by atoms with E-state index in [9.17, 15) is 13.2 Å². The van der Waals surface area contributed by atoms with Gasteiger partial charge in [-0.05, 0) is 31.7 Å². The van der Waals surface area contributed by atoms with Gasteiger partial charge < -0.3 is 10.1 Å². The average molecular weight is 219 g/mol. The van der Waals surface area contributed by atoms with Crippen molar-refractivity contribution in [2.24, 2.45) is 0 Å². The first-order chi connectivity index (χ1) is 6.92. The Bertz CT molecular complexity index is 307. The Morgan fingerprint density at radius 2 is 1.73 bits per heavy atom. The van der Waals surface area contributed by atoms with Crippen molar-refractivity contribution < 1.29 is 17.9 Å². The quantitative estimate of drug-likeness (QED) is 0.844. The van der Waals surface area contributed by atoms with Gasteiger partial charge in [-0.2, -0.15) is 0 Å². The maximum atomic E-state index is 11.8. The molecule has 0 radical (unpaired) electrons. The van der Waals surface area contributed by atoms with Crippen molar-refractivity contribution in [2.45, 2.75) is 19.3 Å². The average Bonchev–Trinajstić information content (AvgIpc) is 2.15. The van der Waals surface area contributed by atoms with Gasteiger partial charge in [-0.25, -0.2) is 0 Å². The summed E-state index contributed by atoms with van der Waals surface area (Å²) in [7, 11) is 1.78. The second kappa shape index (κ2) is 4.53. The largest absolute Gasteiger partial charge is 0.573 e. The monoisotopic (exact) mass is 219 g/mol. The van der Waals surface area contributed by atoms with Gasteiger partial charge in [0.15, 0.2) is 0 Å². The Kier molecular flexibility index (Phi) is 3.57. The van der Waals surface area contributed by atoms with Crippen LogP contribution in [0.5, 0.6) is 5.75 Å². The van der Waals surface area contributed by atoms with E-state index in [1.165, 1.54) is 12.1 Å². The summed E-state index contributed by atoms with van der Waals surface area (Å²) in [5.74, 6) is -0.199. The Morgan fingerprint density at radius 3 is 2.13 bits per heavy atom. The molecule has 0 saturated heterocycles. The van der Waals surface area contributed by atoms with Crippen molar-refractivity contribution in [2.75, 3.05) is 7.05 Å². The number of nitrogens with one attached hydrogen (secondary N) is 1. The summed E-state index contributed by atoms with van der Waals surface area (Å²) >= 11 is 0. The van der Waals surface area contributed by atoms with Crippen molar-refractivity contribution in [3.05, 3.63) is 29.8 Å². The minimum absolute atomic E-state index is 0.102. The maximum Gasteiger partial charge on any atom is 0.573 e. The Hall–Kier alpha value is -1.23. The van der Waals surface area contributed by atoms with Crippen LogP contribution in [-0.2, 0) is 0 Å². The van der Waals surface area contributed by atoms with Gasteiger partial charge in [0.1, 0.15) is 5.75 Å². The van der Waals surface area contributed by atoms with Gasteiger partial charge in [0, 0.05) is 6.04 Å². The molecule has 0 amide bonds. The van der Waals surface area contributed by atoms with E-state index in [1.54, 1.807) is 19.2 Å². The lowest BCUT2D eigenvalue weighted by atomic mass is 10.1. The van der Waals surface area contributed by atoms with Crippen LogP contribution in [-0.4, -0.2) is 13.4 Å². The molecule has 0 aromatic heterocycles. The van der Waals surface area contributed by atoms with E-state index in [0.29, 0.717) is 0 Å². The van der Waals surface area contributed by atoms with E-state index in [0.717, 1.165) is 5.56 Å². The summed E-state index contributed by atoms with van der Waals surface area (Å²) in [6.45, 7) is 1.92. The van der Waals surface area contributed by atoms with E-state index in [4.69, 9.17) is 0 Å². The van der Waals surface area contributed by atoms with E-state index >= 15 is 0 Å². The van der Waals surface area contributed by atoms with Crippen LogP contribution >= 0.6 is 0 Å². The van der Waals surface area contributed by atoms with E-state index in [2.05, 4.69) is 10.1 Å². The highest BCUT2D eigenvalue weighted by Gasteiger charge is 2.30. The summed E-state index contributed by atoms with van der Waals surface area (Å²) in [6, 6.07) is 5.91. The Labute approximate surface area is 86.1 Å². The minimum Gasteiger partial charge on any atom is -0.406 e. The number of benzene rings is 1. The molecule has 0 aliphatic rings. The molecule has 0 saturated carbocycles. The van der Waals surface area contributed by atoms with E-state index in [-0.39, 0.29) is 11.8 Å². The third kappa shape index (κ3) is 3.79. The summed E-state index contributed by atoms with van der Waals surface area (Å²) < 4.78 is 39.2. The molecule has 0 spiro atoms.